The minimum absolute atomic E-state index is 0. The van der Waals surface area contributed by atoms with Gasteiger partial charge in [-0.2, -0.15) is 13.2 Å². The zero-order valence-electron chi connectivity index (χ0n) is 36.3. The number of piperidine rings is 6. The minimum atomic E-state index is -4.31. The molecule has 63 heavy (non-hydrogen) atoms. The normalized spacial score (nSPS) is 25.2. The topological polar surface area (TPSA) is 40.5 Å². The summed E-state index contributed by atoms with van der Waals surface area (Å²) < 4.78 is 40.9. The van der Waals surface area contributed by atoms with E-state index in [1.54, 1.807) is 12.1 Å². The summed E-state index contributed by atoms with van der Waals surface area (Å²) in [4.78, 5) is 0. The number of halogens is 5. The Hall–Kier alpha value is -3.57. The van der Waals surface area contributed by atoms with Gasteiger partial charge in [-0.3, -0.25) is 0 Å². The summed E-state index contributed by atoms with van der Waals surface area (Å²) in [5.41, 5.74) is 2.02. The highest BCUT2D eigenvalue weighted by atomic mass is 79.9. The summed E-state index contributed by atoms with van der Waals surface area (Å²) in [7, 11) is 0. The van der Waals surface area contributed by atoms with E-state index in [0.29, 0.717) is 0 Å². The average Bonchev–Trinajstić information content (AvgIpc) is 3.32. The lowest BCUT2D eigenvalue weighted by molar-refractivity contribution is -0.958. The van der Waals surface area contributed by atoms with E-state index in [2.05, 4.69) is 55.1 Å². The molecule has 9 heteroatoms. The van der Waals surface area contributed by atoms with Crippen molar-refractivity contribution >= 4 is 0 Å². The van der Waals surface area contributed by atoms with Gasteiger partial charge in [-0.05, 0) is 53.6 Å². The Labute approximate surface area is 394 Å². The fourth-order valence-electron chi connectivity index (χ4n) is 12.0. The first-order valence-electron chi connectivity index (χ1n) is 22.5. The van der Waals surface area contributed by atoms with Crippen LogP contribution in [-0.4, -0.2) is 65.0 Å². The maximum Gasteiger partial charge on any atom is 0.416 e. The molecule has 5 aromatic rings. The lowest BCUT2D eigenvalue weighted by Gasteiger charge is -2.60. The van der Waals surface area contributed by atoms with Gasteiger partial charge >= 0.3 is 6.18 Å². The third kappa shape index (κ3) is 9.43. The molecule has 0 atom stereocenters. The summed E-state index contributed by atoms with van der Waals surface area (Å²) in [6.45, 7) is 12.3. The van der Waals surface area contributed by atoms with Crippen LogP contribution in [0, 0.1) is 10.8 Å². The van der Waals surface area contributed by atoms with Crippen LogP contribution in [0.2, 0.25) is 0 Å². The monoisotopic (exact) mass is 986 g/mol. The Morgan fingerprint density at radius 1 is 0.476 bits per heavy atom. The lowest BCUT2D eigenvalue weighted by Crippen LogP contribution is -3.00. The number of unbranched alkanes of at least 4 members (excludes halogenated alkanes) is 2. The molecular formula is C54H63Br2F3N2O2. The highest BCUT2D eigenvalue weighted by molar-refractivity contribution is 5.41. The number of aliphatic hydroxyl groups is 2. The quantitative estimate of drug-likeness (QED) is 0.0941. The maximum atomic E-state index is 12.9. The molecule has 0 aromatic heterocycles. The molecule has 2 N–H and O–H groups in total. The molecule has 0 amide bonds. The van der Waals surface area contributed by atoms with Crippen LogP contribution in [0.25, 0.3) is 0 Å². The van der Waals surface area contributed by atoms with Gasteiger partial charge < -0.3 is 53.1 Å². The van der Waals surface area contributed by atoms with E-state index in [1.165, 1.54) is 55.6 Å². The SMILES string of the molecule is C=CCCCC[N+]12CCC(C(O)(c3ccccc3)c3ccccc3)(CC1)CC2.OC(c1ccccc1)(c1ccccc1)C12CC[N+](Cc3ccc(C(F)(F)F)cc3)(CC1)CC2.[Br-].[Br-]. The highest BCUT2D eigenvalue weighted by Crippen LogP contribution is 2.59. The van der Waals surface area contributed by atoms with Crippen molar-refractivity contribution in [2.75, 3.05) is 45.8 Å². The Kier molecular flexibility index (Phi) is 15.4. The zero-order valence-corrected chi connectivity index (χ0v) is 39.5. The standard InChI is InChI=1S/C28H29F3NO.C26H34NO.2BrH/c29-28(30,31)25-13-11-22(12-14-25)21-32-18-15-26(16-19-32,17-20-32)27(33,23-7-3-1-4-8-23)24-9-5-2-6-10-24;1-2-3-4-11-19-27-20-16-25(17-21-27,18-22-27)26(28,23-12-7-5-8-13-23)24-14-9-6-10-15-24;;/h1-14,33H,15-21H2;2,5-10,12-15,28H,1,3-4,11,16-22H2;2*1H/q2*+1;;/p-2. The number of allylic oxidation sites excluding steroid dienone is 1. The van der Waals surface area contributed by atoms with E-state index in [-0.39, 0.29) is 44.8 Å². The average molecular weight is 989 g/mol. The minimum Gasteiger partial charge on any atom is -1.00 e. The largest absolute Gasteiger partial charge is 1.00 e. The van der Waals surface area contributed by atoms with Crippen LogP contribution >= 0.6 is 0 Å². The number of rotatable bonds is 13. The van der Waals surface area contributed by atoms with E-state index in [0.717, 1.165) is 103 Å². The fraction of sp³-hybridized carbons (Fsp3) is 0.407. The van der Waals surface area contributed by atoms with E-state index >= 15 is 0 Å². The van der Waals surface area contributed by atoms with Gasteiger partial charge in [0.2, 0.25) is 0 Å². The molecule has 0 saturated carbocycles. The highest BCUT2D eigenvalue weighted by Gasteiger charge is 2.61. The van der Waals surface area contributed by atoms with Crippen molar-refractivity contribution in [3.8, 4) is 0 Å². The number of hydrogen-bond donors (Lipinski definition) is 2. The Morgan fingerprint density at radius 3 is 1.13 bits per heavy atom. The van der Waals surface area contributed by atoms with Gasteiger partial charge in [-0.25, -0.2) is 0 Å². The fourth-order valence-corrected chi connectivity index (χ4v) is 12.0. The Bertz CT molecular complexity index is 2080. The van der Waals surface area contributed by atoms with E-state index in [4.69, 9.17) is 0 Å². The van der Waals surface area contributed by atoms with Gasteiger partial charge in [-0.1, -0.05) is 140 Å². The van der Waals surface area contributed by atoms with Gasteiger partial charge in [0.25, 0.3) is 0 Å². The lowest BCUT2D eigenvalue weighted by atomic mass is 9.56. The Morgan fingerprint density at radius 2 is 0.810 bits per heavy atom. The van der Waals surface area contributed by atoms with Gasteiger partial charge in [0.05, 0.1) is 51.4 Å². The summed E-state index contributed by atoms with van der Waals surface area (Å²) in [6.07, 6.45) is 7.38. The van der Waals surface area contributed by atoms with Crippen molar-refractivity contribution < 1.29 is 66.3 Å². The van der Waals surface area contributed by atoms with Crippen LogP contribution in [0.3, 0.4) is 0 Å². The van der Waals surface area contributed by atoms with Crippen LogP contribution in [0.15, 0.2) is 158 Å². The van der Waals surface area contributed by atoms with E-state index in [1.807, 2.05) is 78.9 Å². The molecule has 4 nitrogen and oxygen atoms in total. The van der Waals surface area contributed by atoms with Crippen LogP contribution in [0.4, 0.5) is 13.2 Å². The molecule has 6 fully saturated rings. The van der Waals surface area contributed by atoms with E-state index in [9.17, 15) is 23.4 Å². The number of nitrogens with zero attached hydrogens (tertiary/aromatic N) is 2. The number of hydrogen-bond acceptors (Lipinski definition) is 2. The van der Waals surface area contributed by atoms with Crippen molar-refractivity contribution in [3.63, 3.8) is 0 Å². The summed E-state index contributed by atoms with van der Waals surface area (Å²) in [6, 6.07) is 46.4. The number of benzene rings is 5. The van der Waals surface area contributed by atoms with Crippen molar-refractivity contribution in [1.29, 1.82) is 0 Å². The van der Waals surface area contributed by atoms with Gasteiger partial charge in [-0.15, -0.1) is 6.58 Å². The first-order chi connectivity index (χ1) is 29.4. The number of quaternary nitrogens is 2. The molecule has 6 aliphatic rings. The van der Waals surface area contributed by atoms with E-state index < -0.39 is 22.9 Å². The van der Waals surface area contributed by atoms with Crippen LogP contribution in [-0.2, 0) is 23.9 Å². The molecule has 4 bridgehead atoms. The molecule has 6 aliphatic heterocycles. The maximum absolute atomic E-state index is 12.9. The van der Waals surface area contributed by atoms with Crippen molar-refractivity contribution in [1.82, 2.24) is 0 Å². The summed E-state index contributed by atoms with van der Waals surface area (Å²) in [5.74, 6) is 0. The molecule has 5 aromatic carbocycles. The molecule has 336 valence electrons. The summed E-state index contributed by atoms with van der Waals surface area (Å²) >= 11 is 0. The smallest absolute Gasteiger partial charge is 0.416 e. The molecular weight excluding hydrogens is 925 g/mol. The first kappa shape index (κ1) is 48.9. The number of alkyl halides is 3. The van der Waals surface area contributed by atoms with Crippen molar-refractivity contribution in [3.05, 3.63) is 192 Å². The van der Waals surface area contributed by atoms with Crippen molar-refractivity contribution in [2.24, 2.45) is 10.8 Å². The summed E-state index contributed by atoms with van der Waals surface area (Å²) in [5, 5.41) is 24.8. The second-order valence-corrected chi connectivity index (χ2v) is 18.8. The second kappa shape index (κ2) is 19.9. The number of fused-ring (bicyclic) bond motifs is 6. The zero-order chi connectivity index (χ0) is 42.7. The molecule has 0 radical (unpaired) electrons. The molecule has 0 spiro atoms. The molecule has 6 saturated heterocycles. The molecule has 6 heterocycles. The third-order valence-corrected chi connectivity index (χ3v) is 15.8. The van der Waals surface area contributed by atoms with Crippen LogP contribution in [0.1, 0.15) is 91.2 Å². The predicted octanol–water partition coefficient (Wildman–Crippen LogP) is 5.43. The van der Waals surface area contributed by atoms with Crippen LogP contribution in [0.5, 0.6) is 0 Å². The van der Waals surface area contributed by atoms with Gasteiger partial charge in [0, 0.05) is 54.9 Å². The van der Waals surface area contributed by atoms with Gasteiger partial charge in [0.15, 0.2) is 0 Å². The predicted molar refractivity (Wildman–Crippen MR) is 238 cm³/mol. The molecule has 0 aliphatic carbocycles. The van der Waals surface area contributed by atoms with Gasteiger partial charge in [0.1, 0.15) is 17.7 Å². The van der Waals surface area contributed by atoms with Crippen LogP contribution < -0.4 is 34.0 Å². The molecule has 0 unspecified atom stereocenters. The third-order valence-electron chi connectivity index (χ3n) is 15.8. The molecule has 11 rings (SSSR count). The first-order valence-corrected chi connectivity index (χ1v) is 22.5. The Balaban J connectivity index is 0.000000206. The van der Waals surface area contributed by atoms with Crippen molar-refractivity contribution in [2.45, 2.75) is 81.7 Å². The second-order valence-electron chi connectivity index (χ2n) is 18.8.